The van der Waals surface area contributed by atoms with E-state index < -0.39 is 12.1 Å². The first-order valence-corrected chi connectivity index (χ1v) is 29.0. The molecular weight excluding hydrogens is 791 g/mol. The van der Waals surface area contributed by atoms with Crippen LogP contribution in [0, 0.1) is 0 Å². The summed E-state index contributed by atoms with van der Waals surface area (Å²) < 4.78 is 5.48. The number of rotatable bonds is 54. The van der Waals surface area contributed by atoms with Crippen molar-refractivity contribution in [2.24, 2.45) is 0 Å². The normalized spacial score (nSPS) is 12.6. The van der Waals surface area contributed by atoms with Gasteiger partial charge in [0.1, 0.15) is 0 Å². The maximum Gasteiger partial charge on any atom is 0.305 e. The molecule has 0 aliphatic heterocycles. The van der Waals surface area contributed by atoms with Crippen molar-refractivity contribution in [2.45, 2.75) is 334 Å². The van der Waals surface area contributed by atoms with Gasteiger partial charge in [0.2, 0.25) is 5.91 Å². The van der Waals surface area contributed by atoms with Crippen LogP contribution >= 0.6 is 0 Å². The Morgan fingerprint density at radius 3 is 1.06 bits per heavy atom. The van der Waals surface area contributed by atoms with Gasteiger partial charge in [-0.15, -0.1) is 0 Å². The van der Waals surface area contributed by atoms with Crippen LogP contribution < -0.4 is 5.32 Å². The number of aliphatic hydroxyl groups excluding tert-OH is 2. The first-order chi connectivity index (χ1) is 31.5. The standard InChI is InChI=1S/C58H113NO5/c1-3-5-7-9-11-13-15-17-19-20-23-26-30-34-38-42-46-50-56(61)55(54-60)59-57(62)51-47-43-39-35-31-27-24-21-22-25-29-33-37-41-45-49-53-64-58(63)52-48-44-40-36-32-28-18-16-14-12-10-8-6-4-2/h46,50,55-56,60-61H,3-45,47-49,51-54H2,1-2H3,(H,59,62)/b50-46+. The Morgan fingerprint density at radius 1 is 0.422 bits per heavy atom. The van der Waals surface area contributed by atoms with Crippen LogP contribution in [0.3, 0.4) is 0 Å². The summed E-state index contributed by atoms with van der Waals surface area (Å²) in [6.07, 6.45) is 63.7. The van der Waals surface area contributed by atoms with Crippen molar-refractivity contribution in [2.75, 3.05) is 13.2 Å². The predicted molar refractivity (Wildman–Crippen MR) is 278 cm³/mol. The molecular formula is C58H113NO5. The fraction of sp³-hybridized carbons (Fsp3) is 0.931. The molecule has 0 aliphatic carbocycles. The second-order valence-corrected chi connectivity index (χ2v) is 20.0. The number of hydrogen-bond acceptors (Lipinski definition) is 5. The van der Waals surface area contributed by atoms with E-state index in [2.05, 4.69) is 19.2 Å². The smallest absolute Gasteiger partial charge is 0.305 e. The number of carbonyl (C=O) groups excluding carboxylic acids is 2. The lowest BCUT2D eigenvalue weighted by atomic mass is 10.0. The third-order valence-corrected chi connectivity index (χ3v) is 13.6. The molecule has 0 aliphatic rings. The SMILES string of the molecule is CCCCCCCCCCCCCCCCC/C=C/C(O)C(CO)NC(=O)CCCCCCCCCCCCCCCCCCOC(=O)CCCCCCCCCCCCCCCC. The molecule has 6 heteroatoms. The summed E-state index contributed by atoms with van der Waals surface area (Å²) in [4.78, 5) is 24.5. The molecule has 380 valence electrons. The van der Waals surface area contributed by atoms with E-state index in [9.17, 15) is 19.8 Å². The average Bonchev–Trinajstić information content (AvgIpc) is 3.29. The van der Waals surface area contributed by atoms with Crippen LogP contribution in [-0.2, 0) is 14.3 Å². The summed E-state index contributed by atoms with van der Waals surface area (Å²) in [6.45, 7) is 4.91. The van der Waals surface area contributed by atoms with Crippen LogP contribution in [0.2, 0.25) is 0 Å². The van der Waals surface area contributed by atoms with E-state index in [1.165, 1.54) is 250 Å². The largest absolute Gasteiger partial charge is 0.466 e. The first kappa shape index (κ1) is 62.6. The molecule has 3 N–H and O–H groups in total. The maximum absolute atomic E-state index is 12.5. The van der Waals surface area contributed by atoms with Gasteiger partial charge < -0.3 is 20.3 Å². The molecule has 0 aromatic carbocycles. The van der Waals surface area contributed by atoms with Gasteiger partial charge in [0.05, 0.1) is 25.4 Å². The fourth-order valence-electron chi connectivity index (χ4n) is 9.11. The molecule has 0 bridgehead atoms. The summed E-state index contributed by atoms with van der Waals surface area (Å²) in [7, 11) is 0. The van der Waals surface area contributed by atoms with Crippen molar-refractivity contribution in [1.29, 1.82) is 0 Å². The molecule has 0 fully saturated rings. The highest BCUT2D eigenvalue weighted by molar-refractivity contribution is 5.76. The van der Waals surface area contributed by atoms with Crippen LogP contribution in [0.15, 0.2) is 12.2 Å². The van der Waals surface area contributed by atoms with Crippen LogP contribution in [-0.4, -0.2) is 47.4 Å². The van der Waals surface area contributed by atoms with E-state index in [-0.39, 0.29) is 18.5 Å². The minimum Gasteiger partial charge on any atom is -0.466 e. The van der Waals surface area contributed by atoms with E-state index in [0.717, 1.165) is 44.9 Å². The Kier molecular flexibility index (Phi) is 53.0. The Bertz CT molecular complexity index is 955. The van der Waals surface area contributed by atoms with Gasteiger partial charge >= 0.3 is 5.97 Å². The lowest BCUT2D eigenvalue weighted by molar-refractivity contribution is -0.143. The number of allylic oxidation sites excluding steroid dienone is 1. The molecule has 0 saturated heterocycles. The van der Waals surface area contributed by atoms with E-state index in [1.54, 1.807) is 6.08 Å². The Hall–Kier alpha value is -1.40. The van der Waals surface area contributed by atoms with E-state index in [1.807, 2.05) is 6.08 Å². The van der Waals surface area contributed by atoms with Gasteiger partial charge in [0.15, 0.2) is 0 Å². The zero-order chi connectivity index (χ0) is 46.5. The van der Waals surface area contributed by atoms with Gasteiger partial charge in [-0.2, -0.15) is 0 Å². The third kappa shape index (κ3) is 50.0. The molecule has 1 amide bonds. The van der Waals surface area contributed by atoms with Crippen molar-refractivity contribution in [1.82, 2.24) is 5.32 Å². The summed E-state index contributed by atoms with van der Waals surface area (Å²) in [6, 6.07) is -0.632. The number of hydrogen-bond donors (Lipinski definition) is 3. The number of nitrogens with one attached hydrogen (secondary N) is 1. The molecule has 2 unspecified atom stereocenters. The van der Waals surface area contributed by atoms with E-state index >= 15 is 0 Å². The predicted octanol–water partition coefficient (Wildman–Crippen LogP) is 17.7. The highest BCUT2D eigenvalue weighted by Crippen LogP contribution is 2.17. The van der Waals surface area contributed by atoms with Crippen molar-refractivity contribution in [3.05, 3.63) is 12.2 Å². The van der Waals surface area contributed by atoms with Crippen molar-refractivity contribution >= 4 is 11.9 Å². The molecule has 0 saturated carbocycles. The minimum absolute atomic E-state index is 0.00498. The number of ether oxygens (including phenoxy) is 1. The molecule has 0 heterocycles. The Labute approximate surface area is 399 Å². The Balaban J connectivity index is 3.44. The number of carbonyl (C=O) groups is 2. The van der Waals surface area contributed by atoms with E-state index in [0.29, 0.717) is 19.4 Å². The van der Waals surface area contributed by atoms with Crippen LogP contribution in [0.1, 0.15) is 322 Å². The van der Waals surface area contributed by atoms with Gasteiger partial charge in [-0.05, 0) is 32.1 Å². The summed E-state index contributed by atoms with van der Waals surface area (Å²) in [5.74, 6) is -0.0672. The minimum atomic E-state index is -0.848. The maximum atomic E-state index is 12.5. The molecule has 0 radical (unpaired) electrons. The third-order valence-electron chi connectivity index (χ3n) is 13.6. The second kappa shape index (κ2) is 54.2. The van der Waals surface area contributed by atoms with E-state index in [4.69, 9.17) is 4.74 Å². The average molecular weight is 905 g/mol. The van der Waals surface area contributed by atoms with Gasteiger partial charge in [0.25, 0.3) is 0 Å². The van der Waals surface area contributed by atoms with Crippen LogP contribution in [0.25, 0.3) is 0 Å². The quantitative estimate of drug-likeness (QED) is 0.0321. The summed E-state index contributed by atoms with van der Waals surface area (Å²) >= 11 is 0. The number of amides is 1. The van der Waals surface area contributed by atoms with Crippen molar-refractivity contribution in [3.63, 3.8) is 0 Å². The first-order valence-electron chi connectivity index (χ1n) is 29.0. The topological polar surface area (TPSA) is 95.9 Å². The highest BCUT2D eigenvalue weighted by atomic mass is 16.5. The molecule has 0 aromatic rings. The van der Waals surface area contributed by atoms with Crippen LogP contribution in [0.5, 0.6) is 0 Å². The van der Waals surface area contributed by atoms with Crippen molar-refractivity contribution < 1.29 is 24.5 Å². The number of unbranched alkanes of at least 4 members (excludes halogenated alkanes) is 43. The van der Waals surface area contributed by atoms with Crippen LogP contribution in [0.4, 0.5) is 0 Å². The molecule has 0 aromatic heterocycles. The molecule has 6 nitrogen and oxygen atoms in total. The van der Waals surface area contributed by atoms with Gasteiger partial charge in [-0.3, -0.25) is 9.59 Å². The molecule has 0 spiro atoms. The van der Waals surface area contributed by atoms with Crippen molar-refractivity contribution in [3.8, 4) is 0 Å². The molecule has 64 heavy (non-hydrogen) atoms. The monoisotopic (exact) mass is 904 g/mol. The summed E-state index contributed by atoms with van der Waals surface area (Å²) in [5, 5.41) is 23.1. The number of esters is 1. The second-order valence-electron chi connectivity index (χ2n) is 20.0. The fourth-order valence-corrected chi connectivity index (χ4v) is 9.11. The Morgan fingerprint density at radius 2 is 0.719 bits per heavy atom. The van der Waals surface area contributed by atoms with Gasteiger partial charge in [-0.25, -0.2) is 0 Å². The van der Waals surface area contributed by atoms with Gasteiger partial charge in [-0.1, -0.05) is 289 Å². The lowest BCUT2D eigenvalue weighted by Gasteiger charge is -2.20. The molecule has 0 rings (SSSR count). The lowest BCUT2D eigenvalue weighted by Crippen LogP contribution is -2.45. The number of aliphatic hydroxyl groups is 2. The summed E-state index contributed by atoms with van der Waals surface area (Å²) in [5.41, 5.74) is 0. The highest BCUT2D eigenvalue weighted by Gasteiger charge is 2.18. The van der Waals surface area contributed by atoms with Gasteiger partial charge in [0, 0.05) is 12.8 Å². The zero-order valence-corrected chi connectivity index (χ0v) is 43.3. The molecule has 2 atom stereocenters. The zero-order valence-electron chi connectivity index (χ0n) is 43.3.